The van der Waals surface area contributed by atoms with Crippen molar-refractivity contribution in [3.8, 4) is 0 Å². The largest absolute Gasteiger partial charge is 0.321 e. The molecule has 0 N–H and O–H groups in total. The third-order valence-corrected chi connectivity index (χ3v) is 5.08. The summed E-state index contributed by atoms with van der Waals surface area (Å²) in [6.07, 6.45) is 0. The minimum absolute atomic E-state index is 0.000920. The van der Waals surface area contributed by atoms with Crippen molar-refractivity contribution >= 4 is 29.2 Å². The maximum atomic E-state index is 13.0. The van der Waals surface area contributed by atoms with E-state index in [9.17, 15) is 4.79 Å². The Balaban J connectivity index is 1.83. The Morgan fingerprint density at radius 1 is 0.708 bits per heavy atom. The van der Waals surface area contributed by atoms with Gasteiger partial charge in [0, 0.05) is 24.8 Å². The van der Waals surface area contributed by atoms with Gasteiger partial charge in [-0.1, -0.05) is 60.7 Å². The van der Waals surface area contributed by atoms with Gasteiger partial charge < -0.3 is 9.80 Å². The number of hydrogen-bond acceptors (Lipinski definition) is 1. The second-order valence-electron chi connectivity index (χ2n) is 5.95. The topological polar surface area (TPSA) is 23.6 Å². The first-order valence-corrected chi connectivity index (χ1v) is 9.08. The molecule has 0 saturated carbocycles. The van der Waals surface area contributed by atoms with Crippen LogP contribution in [0.3, 0.4) is 0 Å². The van der Waals surface area contributed by atoms with Crippen LogP contribution in [0, 0.1) is 0 Å². The molecule has 1 heterocycles. The summed E-state index contributed by atoms with van der Waals surface area (Å²) in [6.45, 7) is 1.10. The van der Waals surface area contributed by atoms with Crippen LogP contribution in [0.25, 0.3) is 0 Å². The minimum atomic E-state index is -0.0828. The van der Waals surface area contributed by atoms with Crippen molar-refractivity contribution in [2.75, 3.05) is 11.8 Å². The second kappa shape index (κ2) is 7.91. The standard InChI is InChI=1S/C19H20Cl2N2O/c20-11-17-18(12-21)23(14-16-9-5-2-6-10-16)19(24)22(17)13-15-7-3-1-4-8-15/h1-10,17-18H,11-14H2/t17-,18+. The van der Waals surface area contributed by atoms with Crippen molar-refractivity contribution in [3.63, 3.8) is 0 Å². The second-order valence-corrected chi connectivity index (χ2v) is 6.57. The molecule has 0 aliphatic carbocycles. The predicted molar refractivity (Wildman–Crippen MR) is 98.4 cm³/mol. The first-order valence-electron chi connectivity index (χ1n) is 8.01. The smallest absolute Gasteiger partial charge is 0.314 e. The number of halogens is 2. The molecule has 0 unspecified atom stereocenters. The van der Waals surface area contributed by atoms with Crippen LogP contribution < -0.4 is 0 Å². The van der Waals surface area contributed by atoms with Crippen LogP contribution in [0.4, 0.5) is 4.79 Å². The van der Waals surface area contributed by atoms with E-state index in [-0.39, 0.29) is 18.1 Å². The molecule has 0 aromatic heterocycles. The van der Waals surface area contributed by atoms with Crippen LogP contribution in [-0.2, 0) is 13.1 Å². The van der Waals surface area contributed by atoms with E-state index >= 15 is 0 Å². The Labute approximate surface area is 152 Å². The van der Waals surface area contributed by atoms with Crippen LogP contribution in [0.5, 0.6) is 0 Å². The number of alkyl halides is 2. The molecule has 126 valence electrons. The minimum Gasteiger partial charge on any atom is -0.314 e. The number of nitrogens with zero attached hydrogens (tertiary/aromatic N) is 2. The molecule has 3 nitrogen and oxygen atoms in total. The lowest BCUT2D eigenvalue weighted by atomic mass is 10.1. The molecule has 2 amide bonds. The number of benzene rings is 2. The van der Waals surface area contributed by atoms with Gasteiger partial charge in [-0.05, 0) is 11.1 Å². The molecule has 2 aromatic rings. The zero-order valence-corrected chi connectivity index (χ0v) is 14.8. The molecule has 1 aliphatic heterocycles. The highest BCUT2D eigenvalue weighted by Gasteiger charge is 2.44. The summed E-state index contributed by atoms with van der Waals surface area (Å²) < 4.78 is 0. The SMILES string of the molecule is O=C1N(Cc2ccccc2)[C@H](CCl)[C@H](CCl)N1Cc1ccccc1. The molecule has 2 atom stereocenters. The maximum absolute atomic E-state index is 13.0. The van der Waals surface area contributed by atoms with Gasteiger partial charge in [0.05, 0.1) is 12.1 Å². The summed E-state index contributed by atoms with van der Waals surface area (Å²) in [4.78, 5) is 16.7. The Bertz CT molecular complexity index is 608. The van der Waals surface area contributed by atoms with Crippen LogP contribution in [-0.4, -0.2) is 39.7 Å². The first-order chi connectivity index (χ1) is 11.7. The fourth-order valence-corrected chi connectivity index (χ4v) is 3.91. The number of rotatable bonds is 6. The summed E-state index contributed by atoms with van der Waals surface area (Å²) in [5, 5.41) is 0. The van der Waals surface area contributed by atoms with Crippen LogP contribution in [0.15, 0.2) is 60.7 Å². The third kappa shape index (κ3) is 3.52. The van der Waals surface area contributed by atoms with Crippen molar-refractivity contribution < 1.29 is 4.79 Å². The average Bonchev–Trinajstić information content (AvgIpc) is 2.88. The van der Waals surface area contributed by atoms with E-state index < -0.39 is 0 Å². The van der Waals surface area contributed by atoms with E-state index in [4.69, 9.17) is 23.2 Å². The molecule has 0 spiro atoms. The molecule has 24 heavy (non-hydrogen) atoms. The highest BCUT2D eigenvalue weighted by molar-refractivity contribution is 6.20. The predicted octanol–water partition coefficient (Wildman–Crippen LogP) is 4.34. The van der Waals surface area contributed by atoms with Gasteiger partial charge in [0.1, 0.15) is 0 Å². The first kappa shape index (κ1) is 17.1. The van der Waals surface area contributed by atoms with Crippen LogP contribution in [0.2, 0.25) is 0 Å². The summed E-state index contributed by atoms with van der Waals surface area (Å²) in [7, 11) is 0. The summed E-state index contributed by atoms with van der Waals surface area (Å²) in [5.74, 6) is 0.752. The Kier molecular flexibility index (Phi) is 5.64. The maximum Gasteiger partial charge on any atom is 0.321 e. The highest BCUT2D eigenvalue weighted by Crippen LogP contribution is 2.28. The molecular formula is C19H20Cl2N2O. The molecular weight excluding hydrogens is 343 g/mol. The van der Waals surface area contributed by atoms with E-state index in [0.717, 1.165) is 11.1 Å². The molecule has 0 radical (unpaired) electrons. The van der Waals surface area contributed by atoms with Crippen LogP contribution in [0.1, 0.15) is 11.1 Å². The molecule has 2 aromatic carbocycles. The van der Waals surface area contributed by atoms with Gasteiger partial charge in [0.25, 0.3) is 0 Å². The van der Waals surface area contributed by atoms with Gasteiger partial charge in [0.15, 0.2) is 0 Å². The van der Waals surface area contributed by atoms with Gasteiger partial charge in [-0.25, -0.2) is 4.79 Å². The lowest BCUT2D eigenvalue weighted by Crippen LogP contribution is -2.39. The number of amides is 2. The van der Waals surface area contributed by atoms with Gasteiger partial charge >= 0.3 is 6.03 Å². The third-order valence-electron chi connectivity index (χ3n) is 4.44. The van der Waals surface area contributed by atoms with E-state index in [2.05, 4.69) is 0 Å². The number of carbonyl (C=O) groups is 1. The Morgan fingerprint density at radius 2 is 1.08 bits per heavy atom. The Morgan fingerprint density at radius 3 is 1.42 bits per heavy atom. The van der Waals surface area contributed by atoms with Gasteiger partial charge in [-0.3, -0.25) is 0 Å². The van der Waals surface area contributed by atoms with E-state index in [1.165, 1.54) is 0 Å². The van der Waals surface area contributed by atoms with Gasteiger partial charge in [-0.15, -0.1) is 23.2 Å². The van der Waals surface area contributed by atoms with Crippen molar-refractivity contribution in [2.24, 2.45) is 0 Å². The van der Waals surface area contributed by atoms with Gasteiger partial charge in [0.2, 0.25) is 0 Å². The van der Waals surface area contributed by atoms with Crippen molar-refractivity contribution in [1.82, 2.24) is 9.80 Å². The molecule has 1 fully saturated rings. The van der Waals surface area contributed by atoms with E-state index in [1.807, 2.05) is 70.5 Å². The Hall–Kier alpha value is -1.71. The zero-order chi connectivity index (χ0) is 16.9. The molecule has 1 aliphatic rings. The number of carbonyl (C=O) groups excluding carboxylic acids is 1. The lowest BCUT2D eigenvalue weighted by Gasteiger charge is -2.24. The summed E-state index contributed by atoms with van der Waals surface area (Å²) in [6, 6.07) is 19.8. The van der Waals surface area contributed by atoms with Crippen molar-refractivity contribution in [3.05, 3.63) is 71.8 Å². The van der Waals surface area contributed by atoms with E-state index in [0.29, 0.717) is 24.8 Å². The summed E-state index contributed by atoms with van der Waals surface area (Å²) >= 11 is 12.4. The highest BCUT2D eigenvalue weighted by atomic mass is 35.5. The fraction of sp³-hybridized carbons (Fsp3) is 0.316. The molecule has 5 heteroatoms. The van der Waals surface area contributed by atoms with Crippen molar-refractivity contribution in [1.29, 1.82) is 0 Å². The normalized spacial score (nSPS) is 20.7. The van der Waals surface area contributed by atoms with Gasteiger partial charge in [-0.2, -0.15) is 0 Å². The molecule has 0 bridgehead atoms. The van der Waals surface area contributed by atoms with Crippen molar-refractivity contribution in [2.45, 2.75) is 25.2 Å². The van der Waals surface area contributed by atoms with Crippen LogP contribution >= 0.6 is 23.2 Å². The summed E-state index contributed by atoms with van der Waals surface area (Å²) in [5.41, 5.74) is 2.19. The number of urea groups is 1. The number of hydrogen-bond donors (Lipinski definition) is 0. The quantitative estimate of drug-likeness (QED) is 0.701. The zero-order valence-electron chi connectivity index (χ0n) is 13.3. The molecule has 1 saturated heterocycles. The van der Waals surface area contributed by atoms with E-state index in [1.54, 1.807) is 0 Å². The lowest BCUT2D eigenvalue weighted by molar-refractivity contribution is 0.182. The molecule has 3 rings (SSSR count). The monoisotopic (exact) mass is 362 g/mol. The average molecular weight is 363 g/mol. The fourth-order valence-electron chi connectivity index (χ4n) is 3.17.